The molecule has 0 aliphatic heterocycles. The van der Waals surface area contributed by atoms with E-state index in [4.69, 9.17) is 5.73 Å². The molecule has 0 radical (unpaired) electrons. The molecule has 0 aromatic heterocycles. The molecule has 4 fully saturated rings. The van der Waals surface area contributed by atoms with E-state index in [-0.39, 0.29) is 23.2 Å². The average Bonchev–Trinajstić information content (AvgIpc) is 2.80. The van der Waals surface area contributed by atoms with Gasteiger partial charge in [-0.2, -0.15) is 0 Å². The van der Waals surface area contributed by atoms with E-state index in [9.17, 15) is 10.2 Å². The van der Waals surface area contributed by atoms with Crippen molar-refractivity contribution >= 4 is 0 Å². The van der Waals surface area contributed by atoms with Crippen molar-refractivity contribution in [3.8, 4) is 0 Å². The lowest BCUT2D eigenvalue weighted by Gasteiger charge is -2.64. The molecule has 4 N–H and O–H groups in total. The van der Waals surface area contributed by atoms with Gasteiger partial charge in [-0.25, -0.2) is 0 Å². The van der Waals surface area contributed by atoms with Crippen LogP contribution in [0.3, 0.4) is 0 Å². The Balaban J connectivity index is 1.66. The summed E-state index contributed by atoms with van der Waals surface area (Å²) in [6.07, 6.45) is 9.92. The van der Waals surface area contributed by atoms with Crippen molar-refractivity contribution in [3.63, 3.8) is 0 Å². The third kappa shape index (κ3) is 2.07. The van der Waals surface area contributed by atoms with Gasteiger partial charge in [-0.3, -0.25) is 0 Å². The van der Waals surface area contributed by atoms with E-state index in [0.29, 0.717) is 23.2 Å². The summed E-state index contributed by atoms with van der Waals surface area (Å²) in [5.74, 6) is 2.37. The second-order valence-electron chi connectivity index (χ2n) is 10.3. The maximum Gasteiger partial charge on any atom is 0.0546 e. The highest BCUT2D eigenvalue weighted by Crippen LogP contribution is 2.68. The lowest BCUT2D eigenvalue weighted by atomic mass is 9.42. The molecule has 0 saturated heterocycles. The van der Waals surface area contributed by atoms with E-state index in [1.165, 1.54) is 32.1 Å². The number of hydrogen-bond acceptors (Lipinski definition) is 3. The van der Waals surface area contributed by atoms with Crippen LogP contribution in [0.15, 0.2) is 0 Å². The summed E-state index contributed by atoms with van der Waals surface area (Å²) >= 11 is 0. The Morgan fingerprint density at radius 3 is 2.42 bits per heavy atom. The molecule has 138 valence electrons. The largest absolute Gasteiger partial charge is 0.393 e. The molecule has 4 aliphatic carbocycles. The van der Waals surface area contributed by atoms with Crippen LogP contribution in [0.25, 0.3) is 0 Å². The normalized spacial score (nSPS) is 58.5. The van der Waals surface area contributed by atoms with Gasteiger partial charge in [0.2, 0.25) is 0 Å². The van der Waals surface area contributed by atoms with Crippen molar-refractivity contribution in [2.24, 2.45) is 40.2 Å². The summed E-state index contributed by atoms with van der Waals surface area (Å²) in [4.78, 5) is 0. The number of fused-ring (bicyclic) bond motifs is 5. The molecule has 0 aromatic carbocycles. The first-order valence-electron chi connectivity index (χ1n) is 10.4. The van der Waals surface area contributed by atoms with E-state index < -0.39 is 0 Å². The van der Waals surface area contributed by atoms with E-state index in [0.717, 1.165) is 31.6 Å². The van der Waals surface area contributed by atoms with Crippen LogP contribution >= 0.6 is 0 Å². The number of nitrogens with two attached hydrogens (primary N) is 1. The second kappa shape index (κ2) is 5.44. The van der Waals surface area contributed by atoms with Crippen LogP contribution in [0, 0.1) is 34.5 Å². The van der Waals surface area contributed by atoms with Gasteiger partial charge in [-0.05, 0) is 99.2 Å². The smallest absolute Gasteiger partial charge is 0.0546 e. The molecule has 0 aromatic rings. The van der Waals surface area contributed by atoms with Crippen LogP contribution in [0.5, 0.6) is 0 Å². The van der Waals surface area contributed by atoms with E-state index in [2.05, 4.69) is 13.8 Å². The molecule has 0 amide bonds. The minimum Gasteiger partial charge on any atom is -0.393 e. The minimum atomic E-state index is -0.242. The van der Waals surface area contributed by atoms with Crippen molar-refractivity contribution in [1.82, 2.24) is 0 Å². The summed E-state index contributed by atoms with van der Waals surface area (Å²) in [7, 11) is 0. The van der Waals surface area contributed by atoms with Crippen LogP contribution in [-0.4, -0.2) is 28.0 Å². The molecule has 24 heavy (non-hydrogen) atoms. The first-order valence-corrected chi connectivity index (χ1v) is 10.4. The molecule has 3 heteroatoms. The fraction of sp³-hybridized carbons (Fsp3) is 1.00. The van der Waals surface area contributed by atoms with Gasteiger partial charge in [0.05, 0.1) is 12.2 Å². The molecule has 4 aliphatic rings. The number of hydrogen-bond donors (Lipinski definition) is 3. The molecule has 0 unspecified atom stereocenters. The summed E-state index contributed by atoms with van der Waals surface area (Å²) < 4.78 is 0. The van der Waals surface area contributed by atoms with Gasteiger partial charge in [0.15, 0.2) is 0 Å². The monoisotopic (exact) mass is 335 g/mol. The third-order valence-corrected chi connectivity index (χ3v) is 9.63. The van der Waals surface area contributed by atoms with Crippen molar-refractivity contribution in [3.05, 3.63) is 0 Å². The Morgan fingerprint density at radius 2 is 1.71 bits per heavy atom. The molecule has 3 nitrogen and oxygen atoms in total. The lowest BCUT2D eigenvalue weighted by Crippen LogP contribution is -2.66. The molecule has 4 saturated carbocycles. The predicted octanol–water partition coefficient (Wildman–Crippen LogP) is 3.47. The number of rotatable bonds is 1. The van der Waals surface area contributed by atoms with Gasteiger partial charge in [0.1, 0.15) is 0 Å². The van der Waals surface area contributed by atoms with Gasteiger partial charge in [-0.15, -0.1) is 0 Å². The van der Waals surface area contributed by atoms with E-state index in [1.807, 2.05) is 6.92 Å². The minimum absolute atomic E-state index is 0.0774. The molecule has 9 atom stereocenters. The van der Waals surface area contributed by atoms with Crippen LogP contribution in [0.1, 0.15) is 78.6 Å². The van der Waals surface area contributed by atoms with Crippen LogP contribution in [0.4, 0.5) is 0 Å². The second-order valence-corrected chi connectivity index (χ2v) is 10.3. The maximum absolute atomic E-state index is 10.4. The summed E-state index contributed by atoms with van der Waals surface area (Å²) in [6.45, 7) is 6.86. The third-order valence-electron chi connectivity index (χ3n) is 9.63. The quantitative estimate of drug-likeness (QED) is 0.687. The van der Waals surface area contributed by atoms with Gasteiger partial charge in [0, 0.05) is 5.54 Å². The standard InChI is InChI=1S/C21H37NO2/c1-13(23)16-8-11-21(22)18-5-4-14-12-15(24)6-9-19(14,2)17(18)7-10-20(16,21)3/h13-18,23-24H,4-12,22H2,1-3H3/t13-,14+,15-,16+,17-,18+,19-,20+,21-/m0/s1. The molecule has 0 spiro atoms. The van der Waals surface area contributed by atoms with Crippen molar-refractivity contribution < 1.29 is 10.2 Å². The molecule has 0 bridgehead atoms. The maximum atomic E-state index is 10.4. The first-order chi connectivity index (χ1) is 11.2. The van der Waals surface area contributed by atoms with Crippen molar-refractivity contribution in [2.45, 2.75) is 96.3 Å². The van der Waals surface area contributed by atoms with Gasteiger partial charge < -0.3 is 15.9 Å². The summed E-state index contributed by atoms with van der Waals surface area (Å²) in [6, 6.07) is 0. The fourth-order valence-corrected chi connectivity index (χ4v) is 8.12. The fourth-order valence-electron chi connectivity index (χ4n) is 8.12. The number of aliphatic hydroxyl groups excluding tert-OH is 2. The van der Waals surface area contributed by atoms with Crippen LogP contribution in [-0.2, 0) is 0 Å². The van der Waals surface area contributed by atoms with E-state index >= 15 is 0 Å². The Hall–Kier alpha value is -0.120. The Labute approximate surface area is 147 Å². The average molecular weight is 336 g/mol. The highest BCUT2D eigenvalue weighted by molar-refractivity contribution is 5.19. The Morgan fingerprint density at radius 1 is 0.958 bits per heavy atom. The zero-order chi connectivity index (χ0) is 17.3. The summed E-state index contributed by atoms with van der Waals surface area (Å²) in [5, 5.41) is 20.5. The van der Waals surface area contributed by atoms with Gasteiger partial charge >= 0.3 is 0 Å². The van der Waals surface area contributed by atoms with Crippen molar-refractivity contribution in [2.75, 3.05) is 0 Å². The van der Waals surface area contributed by atoms with Gasteiger partial charge in [0.25, 0.3) is 0 Å². The molecular weight excluding hydrogens is 298 g/mol. The van der Waals surface area contributed by atoms with Crippen LogP contribution < -0.4 is 5.73 Å². The van der Waals surface area contributed by atoms with Gasteiger partial charge in [-0.1, -0.05) is 13.8 Å². The lowest BCUT2D eigenvalue weighted by molar-refractivity contribution is -0.141. The molecule has 0 heterocycles. The zero-order valence-electron chi connectivity index (χ0n) is 15.8. The Kier molecular flexibility index (Phi) is 3.92. The van der Waals surface area contributed by atoms with Crippen LogP contribution in [0.2, 0.25) is 0 Å². The highest BCUT2D eigenvalue weighted by atomic mass is 16.3. The van der Waals surface area contributed by atoms with Crippen molar-refractivity contribution in [1.29, 1.82) is 0 Å². The predicted molar refractivity (Wildman–Crippen MR) is 96.3 cm³/mol. The van der Waals surface area contributed by atoms with E-state index in [1.54, 1.807) is 0 Å². The Bertz CT molecular complexity index is 508. The molecular formula is C21H37NO2. The topological polar surface area (TPSA) is 66.5 Å². The molecule has 4 rings (SSSR count). The first kappa shape index (κ1) is 17.3. The number of aliphatic hydroxyl groups is 2. The highest BCUT2D eigenvalue weighted by Gasteiger charge is 2.66. The SMILES string of the molecule is C[C@H](O)[C@H]1CC[C@]2(N)[C@@H]3CC[C@@H]4C[C@@H](O)CC[C@]4(C)[C@H]3CC[C@]12C. The zero-order valence-corrected chi connectivity index (χ0v) is 15.8. The summed E-state index contributed by atoms with van der Waals surface area (Å²) in [5.41, 5.74) is 7.60.